The van der Waals surface area contributed by atoms with Crippen LogP contribution in [0.3, 0.4) is 0 Å². The van der Waals surface area contributed by atoms with E-state index in [1.807, 2.05) is 26.2 Å². The van der Waals surface area contributed by atoms with Crippen LogP contribution in [0.5, 0.6) is 0 Å². The first-order valence-electron chi connectivity index (χ1n) is 11.1. The molecule has 30 heavy (non-hydrogen) atoms. The van der Waals surface area contributed by atoms with Gasteiger partial charge in [0.1, 0.15) is 0 Å². The maximum Gasteiger partial charge on any atom is 0.243 e. The Morgan fingerprint density at radius 2 is 1.77 bits per heavy atom. The number of hydrogen-bond acceptors (Lipinski definition) is 4. The Morgan fingerprint density at radius 3 is 2.40 bits per heavy atom. The molecule has 0 bridgehead atoms. The van der Waals surface area contributed by atoms with Crippen molar-refractivity contribution in [2.75, 3.05) is 40.3 Å². The SMILES string of the molecule is CN(C)CC(C)(C)CNC(=O)C1CCN(S(=O)(=O)c2ccc3c(c2)CCCC3)CC1. The van der Waals surface area contributed by atoms with Crippen molar-refractivity contribution in [3.8, 4) is 0 Å². The van der Waals surface area contributed by atoms with Crippen LogP contribution in [0.1, 0.15) is 50.7 Å². The Bertz CT molecular complexity index is 856. The number of carbonyl (C=O) groups excluding carboxylic acids is 1. The minimum Gasteiger partial charge on any atom is -0.355 e. The molecule has 6 nitrogen and oxygen atoms in total. The minimum atomic E-state index is -3.50. The molecule has 3 rings (SSSR count). The van der Waals surface area contributed by atoms with Gasteiger partial charge in [0.2, 0.25) is 15.9 Å². The highest BCUT2D eigenvalue weighted by Crippen LogP contribution is 2.28. The lowest BCUT2D eigenvalue weighted by atomic mass is 9.91. The zero-order valence-electron chi connectivity index (χ0n) is 18.9. The van der Waals surface area contributed by atoms with Crippen molar-refractivity contribution >= 4 is 15.9 Å². The number of nitrogens with zero attached hydrogens (tertiary/aromatic N) is 2. The van der Waals surface area contributed by atoms with E-state index in [1.165, 1.54) is 17.5 Å². The van der Waals surface area contributed by atoms with Crippen LogP contribution in [0.4, 0.5) is 0 Å². The number of amides is 1. The Hall–Kier alpha value is -1.44. The van der Waals surface area contributed by atoms with Gasteiger partial charge in [0.15, 0.2) is 0 Å². The third-order valence-corrected chi connectivity index (χ3v) is 8.16. The highest BCUT2D eigenvalue weighted by molar-refractivity contribution is 7.89. The summed E-state index contributed by atoms with van der Waals surface area (Å²) in [4.78, 5) is 15.1. The predicted molar refractivity (Wildman–Crippen MR) is 120 cm³/mol. The van der Waals surface area contributed by atoms with Gasteiger partial charge in [-0.15, -0.1) is 0 Å². The molecule has 0 spiro atoms. The van der Waals surface area contributed by atoms with E-state index >= 15 is 0 Å². The van der Waals surface area contributed by atoms with E-state index < -0.39 is 10.0 Å². The second kappa shape index (κ2) is 9.37. The molecule has 2 aliphatic rings. The van der Waals surface area contributed by atoms with E-state index in [4.69, 9.17) is 0 Å². The second-order valence-electron chi connectivity index (χ2n) is 9.94. The van der Waals surface area contributed by atoms with E-state index in [-0.39, 0.29) is 17.2 Å². The normalized spacial score (nSPS) is 19.0. The molecule has 1 aliphatic heterocycles. The average Bonchev–Trinajstić information content (AvgIpc) is 2.71. The Morgan fingerprint density at radius 1 is 1.13 bits per heavy atom. The number of piperidine rings is 1. The molecular formula is C23H37N3O3S. The smallest absolute Gasteiger partial charge is 0.243 e. The molecule has 0 saturated carbocycles. The molecule has 1 amide bonds. The number of rotatable bonds is 7. The summed E-state index contributed by atoms with van der Waals surface area (Å²) in [7, 11) is 0.563. The van der Waals surface area contributed by atoms with Crippen LogP contribution < -0.4 is 5.32 Å². The summed E-state index contributed by atoms with van der Waals surface area (Å²) in [6.45, 7) is 6.60. The third kappa shape index (κ3) is 5.62. The fourth-order valence-electron chi connectivity index (χ4n) is 4.76. The third-order valence-electron chi connectivity index (χ3n) is 6.27. The van der Waals surface area contributed by atoms with Gasteiger partial charge in [0, 0.05) is 32.1 Å². The first kappa shape index (κ1) is 23.2. The number of fused-ring (bicyclic) bond motifs is 1. The largest absolute Gasteiger partial charge is 0.355 e. The second-order valence-corrected chi connectivity index (χ2v) is 11.9. The highest BCUT2D eigenvalue weighted by atomic mass is 32.2. The molecule has 1 N–H and O–H groups in total. The number of nitrogens with one attached hydrogen (secondary N) is 1. The summed E-state index contributed by atoms with van der Waals surface area (Å²) in [5.41, 5.74) is 2.46. The Labute approximate surface area is 182 Å². The van der Waals surface area contributed by atoms with Crippen molar-refractivity contribution in [2.45, 2.75) is 57.3 Å². The number of benzene rings is 1. The van der Waals surface area contributed by atoms with Gasteiger partial charge >= 0.3 is 0 Å². The molecule has 0 aromatic heterocycles. The summed E-state index contributed by atoms with van der Waals surface area (Å²) in [5, 5.41) is 3.08. The maximum absolute atomic E-state index is 13.1. The van der Waals surface area contributed by atoms with Gasteiger partial charge in [-0.2, -0.15) is 4.31 Å². The fourth-order valence-corrected chi connectivity index (χ4v) is 6.28. The van der Waals surface area contributed by atoms with Gasteiger partial charge in [-0.3, -0.25) is 4.79 Å². The summed E-state index contributed by atoms with van der Waals surface area (Å²) in [6.07, 6.45) is 5.46. The molecule has 168 valence electrons. The molecule has 1 saturated heterocycles. The number of hydrogen-bond donors (Lipinski definition) is 1. The minimum absolute atomic E-state index is 0.00432. The van der Waals surface area contributed by atoms with Gasteiger partial charge < -0.3 is 10.2 Å². The van der Waals surface area contributed by atoms with Crippen LogP contribution >= 0.6 is 0 Å². The van der Waals surface area contributed by atoms with Crippen molar-refractivity contribution in [3.05, 3.63) is 29.3 Å². The molecule has 1 aromatic carbocycles. The van der Waals surface area contributed by atoms with Crippen molar-refractivity contribution in [1.82, 2.24) is 14.5 Å². The summed E-state index contributed by atoms with van der Waals surface area (Å²) in [5.74, 6) is -0.0669. The quantitative estimate of drug-likeness (QED) is 0.715. The van der Waals surface area contributed by atoms with Crippen LogP contribution in [0.25, 0.3) is 0 Å². The molecule has 0 radical (unpaired) electrons. The molecule has 1 aliphatic carbocycles. The highest BCUT2D eigenvalue weighted by Gasteiger charge is 2.33. The zero-order chi connectivity index (χ0) is 21.9. The number of carbonyl (C=O) groups is 1. The Kier molecular flexibility index (Phi) is 7.25. The van der Waals surface area contributed by atoms with Crippen LogP contribution in [-0.4, -0.2) is 63.8 Å². The van der Waals surface area contributed by atoms with Crippen molar-refractivity contribution < 1.29 is 13.2 Å². The predicted octanol–water partition coefficient (Wildman–Crippen LogP) is 2.67. The van der Waals surface area contributed by atoms with Gasteiger partial charge in [-0.1, -0.05) is 19.9 Å². The molecular weight excluding hydrogens is 398 g/mol. The topological polar surface area (TPSA) is 69.7 Å². The van der Waals surface area contributed by atoms with Crippen molar-refractivity contribution in [2.24, 2.45) is 11.3 Å². The monoisotopic (exact) mass is 435 g/mol. The Balaban J connectivity index is 1.56. The number of sulfonamides is 1. The molecule has 0 atom stereocenters. The van der Waals surface area contributed by atoms with E-state index in [0.29, 0.717) is 37.4 Å². The van der Waals surface area contributed by atoms with E-state index in [0.717, 1.165) is 25.8 Å². The molecule has 1 aromatic rings. The van der Waals surface area contributed by atoms with Gasteiger partial charge in [-0.25, -0.2) is 8.42 Å². The van der Waals surface area contributed by atoms with Crippen LogP contribution in [0.15, 0.2) is 23.1 Å². The van der Waals surface area contributed by atoms with Gasteiger partial charge in [0.05, 0.1) is 4.90 Å². The summed E-state index contributed by atoms with van der Waals surface area (Å²) >= 11 is 0. The average molecular weight is 436 g/mol. The van der Waals surface area contributed by atoms with Crippen LogP contribution in [0, 0.1) is 11.3 Å². The van der Waals surface area contributed by atoms with Gasteiger partial charge in [0.25, 0.3) is 0 Å². The lowest BCUT2D eigenvalue weighted by Crippen LogP contribution is -2.46. The molecule has 7 heteroatoms. The van der Waals surface area contributed by atoms with E-state index in [2.05, 4.69) is 24.1 Å². The van der Waals surface area contributed by atoms with E-state index in [1.54, 1.807) is 10.4 Å². The zero-order valence-corrected chi connectivity index (χ0v) is 19.7. The standard InChI is InChI=1S/C23H37N3O3S/c1-23(2,17-25(3)4)16-24-22(27)19-11-13-26(14-12-19)30(28,29)21-10-9-18-7-5-6-8-20(18)15-21/h9-10,15,19H,5-8,11-14,16-17H2,1-4H3,(H,24,27). The van der Waals surface area contributed by atoms with E-state index in [9.17, 15) is 13.2 Å². The van der Waals surface area contributed by atoms with Crippen LogP contribution in [0.2, 0.25) is 0 Å². The first-order chi connectivity index (χ1) is 14.1. The summed E-state index contributed by atoms with van der Waals surface area (Å²) in [6, 6.07) is 5.61. The van der Waals surface area contributed by atoms with Crippen molar-refractivity contribution in [3.63, 3.8) is 0 Å². The first-order valence-corrected chi connectivity index (χ1v) is 12.6. The lowest BCUT2D eigenvalue weighted by molar-refractivity contribution is -0.126. The van der Waals surface area contributed by atoms with Gasteiger partial charge in [-0.05, 0) is 81.3 Å². The van der Waals surface area contributed by atoms with Crippen LogP contribution in [-0.2, 0) is 27.7 Å². The molecule has 1 heterocycles. The maximum atomic E-state index is 13.1. The molecule has 0 unspecified atom stereocenters. The molecule has 1 fully saturated rings. The lowest BCUT2D eigenvalue weighted by Gasteiger charge is -2.32. The number of aryl methyl sites for hydroxylation is 2. The fraction of sp³-hybridized carbons (Fsp3) is 0.696. The van der Waals surface area contributed by atoms with Crippen molar-refractivity contribution in [1.29, 1.82) is 0 Å². The summed E-state index contributed by atoms with van der Waals surface area (Å²) < 4.78 is 27.8.